The molecule has 0 aromatic heterocycles. The molecule has 0 N–H and O–H groups in total. The average molecular weight is 204 g/mol. The topological polar surface area (TPSA) is 18.5 Å². The first-order valence-corrected chi connectivity index (χ1v) is 5.23. The summed E-state index contributed by atoms with van der Waals surface area (Å²) in [5.41, 5.74) is 0. The van der Waals surface area contributed by atoms with Gasteiger partial charge < -0.3 is 9.47 Å². The van der Waals surface area contributed by atoms with Crippen LogP contribution in [0.1, 0.15) is 0 Å². The minimum absolute atomic E-state index is 0.636. The van der Waals surface area contributed by atoms with Gasteiger partial charge in [0.15, 0.2) is 5.76 Å². The van der Waals surface area contributed by atoms with Crippen LogP contribution >= 0.6 is 11.8 Å². The number of benzene rings is 1. The highest BCUT2D eigenvalue weighted by Crippen LogP contribution is 2.42. The van der Waals surface area contributed by atoms with Crippen LogP contribution in [0.25, 0.3) is 0 Å². The summed E-state index contributed by atoms with van der Waals surface area (Å²) in [7, 11) is 0. The fourth-order valence-corrected chi connectivity index (χ4v) is 2.30. The van der Waals surface area contributed by atoms with E-state index in [0.29, 0.717) is 6.61 Å². The zero-order valence-corrected chi connectivity index (χ0v) is 8.21. The molecule has 0 atom stereocenters. The molecule has 70 valence electrons. The molecule has 2 heterocycles. The lowest BCUT2D eigenvalue weighted by molar-refractivity contribution is 0.245. The number of ether oxygens (including phenoxy) is 2. The molecule has 3 rings (SSSR count). The third-order valence-corrected chi connectivity index (χ3v) is 3.11. The van der Waals surface area contributed by atoms with E-state index < -0.39 is 0 Å². The zero-order valence-electron chi connectivity index (χ0n) is 7.40. The van der Waals surface area contributed by atoms with Crippen LogP contribution in [0, 0.1) is 0 Å². The fourth-order valence-electron chi connectivity index (χ4n) is 1.41. The lowest BCUT2D eigenvalue weighted by Crippen LogP contribution is -2.08. The van der Waals surface area contributed by atoms with Crippen molar-refractivity contribution < 1.29 is 9.47 Å². The van der Waals surface area contributed by atoms with E-state index in [1.165, 1.54) is 0 Å². The van der Waals surface area contributed by atoms with Crippen molar-refractivity contribution in [2.45, 2.75) is 4.90 Å². The van der Waals surface area contributed by atoms with E-state index in [0.717, 1.165) is 21.5 Å². The maximum absolute atomic E-state index is 5.68. The van der Waals surface area contributed by atoms with E-state index >= 15 is 0 Å². The second-order valence-corrected chi connectivity index (χ2v) is 4.03. The van der Waals surface area contributed by atoms with Gasteiger partial charge in [-0.3, -0.25) is 0 Å². The normalized spacial score (nSPS) is 18.0. The Morgan fingerprint density at radius 1 is 1.21 bits per heavy atom. The number of rotatable bonds is 0. The SMILES string of the molecule is C1=CC2=C(OC1)Sc1ccccc1O2. The largest absolute Gasteiger partial charge is 0.479 e. The molecule has 0 bridgehead atoms. The van der Waals surface area contributed by atoms with E-state index in [1.54, 1.807) is 11.8 Å². The van der Waals surface area contributed by atoms with Gasteiger partial charge in [0.2, 0.25) is 5.09 Å². The molecule has 14 heavy (non-hydrogen) atoms. The van der Waals surface area contributed by atoms with Gasteiger partial charge in [-0.1, -0.05) is 12.1 Å². The highest BCUT2D eigenvalue weighted by molar-refractivity contribution is 8.03. The molecule has 0 saturated heterocycles. The summed E-state index contributed by atoms with van der Waals surface area (Å²) < 4.78 is 11.2. The van der Waals surface area contributed by atoms with Crippen molar-refractivity contribution >= 4 is 11.8 Å². The van der Waals surface area contributed by atoms with Gasteiger partial charge in [0.25, 0.3) is 0 Å². The predicted octanol–water partition coefficient (Wildman–Crippen LogP) is 2.93. The minimum atomic E-state index is 0.636. The molecule has 0 aliphatic carbocycles. The number of fused-ring (bicyclic) bond motifs is 1. The van der Waals surface area contributed by atoms with Crippen LogP contribution in [-0.4, -0.2) is 6.61 Å². The van der Waals surface area contributed by atoms with Crippen molar-refractivity contribution in [1.29, 1.82) is 0 Å². The highest BCUT2D eigenvalue weighted by Gasteiger charge is 2.21. The maximum Gasteiger partial charge on any atom is 0.201 e. The van der Waals surface area contributed by atoms with Gasteiger partial charge in [0.05, 0.1) is 4.90 Å². The zero-order chi connectivity index (χ0) is 9.38. The fraction of sp³-hybridized carbons (Fsp3) is 0.0909. The molecule has 1 aromatic rings. The van der Waals surface area contributed by atoms with Crippen LogP contribution in [0.5, 0.6) is 5.75 Å². The summed E-state index contributed by atoms with van der Waals surface area (Å²) in [6.07, 6.45) is 3.91. The molecule has 3 heteroatoms. The quantitative estimate of drug-likeness (QED) is 0.647. The first kappa shape index (κ1) is 8.00. The highest BCUT2D eigenvalue weighted by atomic mass is 32.2. The summed E-state index contributed by atoms with van der Waals surface area (Å²) >= 11 is 1.62. The number of para-hydroxylation sites is 1. The van der Waals surface area contributed by atoms with Crippen molar-refractivity contribution in [2.75, 3.05) is 6.61 Å². The van der Waals surface area contributed by atoms with Crippen molar-refractivity contribution in [3.05, 3.63) is 47.3 Å². The van der Waals surface area contributed by atoms with Gasteiger partial charge in [-0.2, -0.15) is 0 Å². The van der Waals surface area contributed by atoms with Crippen LogP contribution in [0.2, 0.25) is 0 Å². The van der Waals surface area contributed by atoms with Crippen molar-refractivity contribution in [2.24, 2.45) is 0 Å². The smallest absolute Gasteiger partial charge is 0.201 e. The van der Waals surface area contributed by atoms with Crippen LogP contribution in [-0.2, 0) is 4.74 Å². The molecule has 1 aromatic carbocycles. The van der Waals surface area contributed by atoms with E-state index in [-0.39, 0.29) is 0 Å². The van der Waals surface area contributed by atoms with Crippen LogP contribution in [0.4, 0.5) is 0 Å². The third-order valence-electron chi connectivity index (χ3n) is 2.05. The van der Waals surface area contributed by atoms with E-state index in [4.69, 9.17) is 9.47 Å². The number of allylic oxidation sites excluding steroid dienone is 1. The van der Waals surface area contributed by atoms with Gasteiger partial charge in [0, 0.05) is 0 Å². The maximum atomic E-state index is 5.68. The second kappa shape index (κ2) is 3.10. The Morgan fingerprint density at radius 2 is 2.14 bits per heavy atom. The molecule has 0 unspecified atom stereocenters. The first-order valence-electron chi connectivity index (χ1n) is 4.42. The Balaban J connectivity index is 2.03. The Bertz CT molecular complexity index is 435. The summed E-state index contributed by atoms with van der Waals surface area (Å²) in [6, 6.07) is 7.97. The molecule has 2 aliphatic heterocycles. The average Bonchev–Trinajstić information content (AvgIpc) is 2.26. The van der Waals surface area contributed by atoms with Crippen molar-refractivity contribution in [3.8, 4) is 5.75 Å². The number of thioether (sulfide) groups is 1. The lowest BCUT2D eigenvalue weighted by atomic mass is 10.3. The monoisotopic (exact) mass is 204 g/mol. The van der Waals surface area contributed by atoms with Gasteiger partial charge in [-0.15, -0.1) is 0 Å². The Kier molecular flexibility index (Phi) is 1.77. The number of hydrogen-bond donors (Lipinski definition) is 0. The van der Waals surface area contributed by atoms with Gasteiger partial charge in [-0.05, 0) is 36.0 Å². The molecule has 0 spiro atoms. The molecule has 0 radical (unpaired) electrons. The van der Waals surface area contributed by atoms with Crippen molar-refractivity contribution in [3.63, 3.8) is 0 Å². The van der Waals surface area contributed by atoms with Gasteiger partial charge in [0.1, 0.15) is 12.4 Å². The third kappa shape index (κ3) is 1.21. The van der Waals surface area contributed by atoms with E-state index in [9.17, 15) is 0 Å². The van der Waals surface area contributed by atoms with E-state index in [1.807, 2.05) is 36.4 Å². The molecule has 0 fully saturated rings. The molecule has 2 nitrogen and oxygen atoms in total. The van der Waals surface area contributed by atoms with E-state index in [2.05, 4.69) is 0 Å². The molecule has 0 amide bonds. The minimum Gasteiger partial charge on any atom is -0.479 e. The number of hydrogen-bond acceptors (Lipinski definition) is 3. The Hall–Kier alpha value is -1.35. The summed E-state index contributed by atoms with van der Waals surface area (Å²) in [5.74, 6) is 1.73. The summed E-state index contributed by atoms with van der Waals surface area (Å²) in [5, 5.41) is 0.867. The lowest BCUT2D eigenvalue weighted by Gasteiger charge is -2.22. The molecule has 2 aliphatic rings. The Morgan fingerprint density at radius 3 is 3.14 bits per heavy atom. The summed E-state index contributed by atoms with van der Waals surface area (Å²) in [4.78, 5) is 1.11. The van der Waals surface area contributed by atoms with Gasteiger partial charge in [-0.25, -0.2) is 0 Å². The van der Waals surface area contributed by atoms with Crippen LogP contribution in [0.15, 0.2) is 52.2 Å². The summed E-state index contributed by atoms with van der Waals surface area (Å²) in [6.45, 7) is 0.636. The van der Waals surface area contributed by atoms with Gasteiger partial charge >= 0.3 is 0 Å². The molecular weight excluding hydrogens is 196 g/mol. The first-order chi connectivity index (χ1) is 6.93. The molecule has 0 saturated carbocycles. The van der Waals surface area contributed by atoms with Crippen molar-refractivity contribution in [1.82, 2.24) is 0 Å². The second-order valence-electron chi connectivity index (χ2n) is 3.02. The molecular formula is C11H8O2S. The predicted molar refractivity (Wildman–Crippen MR) is 55.0 cm³/mol. The van der Waals surface area contributed by atoms with Crippen LogP contribution in [0.3, 0.4) is 0 Å². The Labute approximate surface area is 86.2 Å². The van der Waals surface area contributed by atoms with Crippen LogP contribution < -0.4 is 4.74 Å². The standard InChI is InChI=1S/C11H8O2S/c1-2-6-10-8(4-1)13-9-5-3-7-12-11(9)14-10/h1-6H,7H2.